The van der Waals surface area contributed by atoms with Gasteiger partial charge in [0.15, 0.2) is 0 Å². The topological polar surface area (TPSA) is 21.3 Å². The molecule has 1 aliphatic heterocycles. The van der Waals surface area contributed by atoms with E-state index in [1.54, 1.807) is 0 Å². The van der Waals surface area contributed by atoms with Crippen LogP contribution in [0.15, 0.2) is 0 Å². The zero-order valence-corrected chi connectivity index (χ0v) is 12.1. The van der Waals surface area contributed by atoms with Crippen LogP contribution in [-0.2, 0) is 4.74 Å². The largest absolute Gasteiger partial charge is 0.378 e. The molecule has 0 radical (unpaired) electrons. The molecule has 0 aromatic heterocycles. The molecule has 1 saturated heterocycles. The van der Waals surface area contributed by atoms with Gasteiger partial charge in [0.05, 0.1) is 6.10 Å². The van der Waals surface area contributed by atoms with E-state index in [0.717, 1.165) is 18.6 Å². The Morgan fingerprint density at radius 2 is 1.94 bits per heavy atom. The molecule has 2 nitrogen and oxygen atoms in total. The van der Waals surface area contributed by atoms with E-state index < -0.39 is 0 Å². The first-order chi connectivity index (χ1) is 8.88. The Balaban J connectivity index is 1.68. The number of hydrogen-bond acceptors (Lipinski definition) is 2. The Bertz CT molecular complexity index is 213. The first-order valence-electron chi connectivity index (χ1n) is 8.23. The van der Waals surface area contributed by atoms with Crippen LogP contribution in [0.4, 0.5) is 0 Å². The summed E-state index contributed by atoms with van der Waals surface area (Å²) >= 11 is 0. The fourth-order valence-electron chi connectivity index (χ4n) is 3.55. The summed E-state index contributed by atoms with van der Waals surface area (Å²) in [5, 5.41) is 3.74. The zero-order valence-electron chi connectivity index (χ0n) is 12.1. The van der Waals surface area contributed by atoms with Crippen LogP contribution >= 0.6 is 0 Å². The molecule has 106 valence electrons. The lowest BCUT2D eigenvalue weighted by Gasteiger charge is -2.22. The predicted octanol–water partition coefficient (Wildman–Crippen LogP) is 3.89. The summed E-state index contributed by atoms with van der Waals surface area (Å²) in [6.45, 7) is 4.47. The lowest BCUT2D eigenvalue weighted by molar-refractivity contribution is 0.0968. The standard InChI is InChI=1S/C16H31NO/c1-2-11-17-15-7-4-3-6-14(13-15)9-10-16-8-5-12-18-16/h14-17H,2-13H2,1H3. The van der Waals surface area contributed by atoms with Crippen LogP contribution in [-0.4, -0.2) is 25.3 Å². The van der Waals surface area contributed by atoms with E-state index in [2.05, 4.69) is 12.2 Å². The average molecular weight is 253 g/mol. The third kappa shape index (κ3) is 4.89. The molecule has 0 aromatic carbocycles. The number of hydrogen-bond donors (Lipinski definition) is 1. The van der Waals surface area contributed by atoms with Crippen molar-refractivity contribution in [2.75, 3.05) is 13.2 Å². The molecular formula is C16H31NO. The highest BCUT2D eigenvalue weighted by molar-refractivity contribution is 4.77. The van der Waals surface area contributed by atoms with Crippen LogP contribution in [0, 0.1) is 5.92 Å². The summed E-state index contributed by atoms with van der Waals surface area (Å²) in [6, 6.07) is 0.793. The Labute approximate surface area is 113 Å². The van der Waals surface area contributed by atoms with Crippen LogP contribution in [0.5, 0.6) is 0 Å². The van der Waals surface area contributed by atoms with Gasteiger partial charge < -0.3 is 10.1 Å². The molecule has 3 unspecified atom stereocenters. The van der Waals surface area contributed by atoms with Gasteiger partial charge in [-0.25, -0.2) is 0 Å². The van der Waals surface area contributed by atoms with Crippen LogP contribution in [0.25, 0.3) is 0 Å². The highest BCUT2D eigenvalue weighted by atomic mass is 16.5. The van der Waals surface area contributed by atoms with Gasteiger partial charge in [-0.05, 0) is 57.4 Å². The van der Waals surface area contributed by atoms with Crippen molar-refractivity contribution in [3.63, 3.8) is 0 Å². The van der Waals surface area contributed by atoms with E-state index in [-0.39, 0.29) is 0 Å². The SMILES string of the molecule is CCCNC1CCCCC(CCC2CCCO2)C1. The number of nitrogens with one attached hydrogen (secondary N) is 1. The summed E-state index contributed by atoms with van der Waals surface area (Å²) in [5.41, 5.74) is 0. The Kier molecular flexibility index (Phi) is 6.50. The predicted molar refractivity (Wildman–Crippen MR) is 76.9 cm³/mol. The van der Waals surface area contributed by atoms with Gasteiger partial charge in [-0.3, -0.25) is 0 Å². The summed E-state index contributed by atoms with van der Waals surface area (Å²) in [4.78, 5) is 0. The Morgan fingerprint density at radius 1 is 1.06 bits per heavy atom. The first-order valence-corrected chi connectivity index (χ1v) is 8.23. The molecule has 2 aliphatic rings. The maximum Gasteiger partial charge on any atom is 0.0576 e. The first kappa shape index (κ1) is 14.3. The van der Waals surface area contributed by atoms with Crippen LogP contribution < -0.4 is 5.32 Å². The maximum absolute atomic E-state index is 5.75. The molecule has 1 aliphatic carbocycles. The van der Waals surface area contributed by atoms with Crippen molar-refractivity contribution >= 4 is 0 Å². The van der Waals surface area contributed by atoms with Crippen LogP contribution in [0.1, 0.15) is 71.1 Å². The van der Waals surface area contributed by atoms with Crippen LogP contribution in [0.3, 0.4) is 0 Å². The van der Waals surface area contributed by atoms with E-state index in [0.29, 0.717) is 6.10 Å². The number of rotatable bonds is 6. The number of ether oxygens (including phenoxy) is 1. The Morgan fingerprint density at radius 3 is 2.72 bits per heavy atom. The molecule has 0 bridgehead atoms. The van der Waals surface area contributed by atoms with Gasteiger partial charge >= 0.3 is 0 Å². The fraction of sp³-hybridized carbons (Fsp3) is 1.00. The van der Waals surface area contributed by atoms with Crippen molar-refractivity contribution in [2.45, 2.75) is 83.3 Å². The van der Waals surface area contributed by atoms with Crippen molar-refractivity contribution in [3.05, 3.63) is 0 Å². The molecule has 1 saturated carbocycles. The van der Waals surface area contributed by atoms with E-state index in [4.69, 9.17) is 4.74 Å². The summed E-state index contributed by atoms with van der Waals surface area (Å²) in [5.74, 6) is 0.950. The quantitative estimate of drug-likeness (QED) is 0.725. The molecule has 2 heteroatoms. The third-order valence-electron chi connectivity index (χ3n) is 4.64. The molecular weight excluding hydrogens is 222 g/mol. The lowest BCUT2D eigenvalue weighted by Crippen LogP contribution is -2.30. The average Bonchev–Trinajstić information content (AvgIpc) is 2.80. The monoisotopic (exact) mass is 253 g/mol. The second-order valence-electron chi connectivity index (χ2n) is 6.25. The highest BCUT2D eigenvalue weighted by Crippen LogP contribution is 2.29. The normalized spacial score (nSPS) is 33.5. The summed E-state index contributed by atoms with van der Waals surface area (Å²) < 4.78 is 5.75. The van der Waals surface area contributed by atoms with Gasteiger partial charge in [0, 0.05) is 12.6 Å². The second kappa shape index (κ2) is 8.16. The second-order valence-corrected chi connectivity index (χ2v) is 6.25. The van der Waals surface area contributed by atoms with Crippen LogP contribution in [0.2, 0.25) is 0 Å². The zero-order chi connectivity index (χ0) is 12.6. The molecule has 18 heavy (non-hydrogen) atoms. The van der Waals surface area contributed by atoms with E-state index in [1.165, 1.54) is 70.8 Å². The molecule has 1 N–H and O–H groups in total. The van der Waals surface area contributed by atoms with Crippen molar-refractivity contribution in [3.8, 4) is 0 Å². The minimum atomic E-state index is 0.593. The van der Waals surface area contributed by atoms with E-state index >= 15 is 0 Å². The molecule has 2 fully saturated rings. The lowest BCUT2D eigenvalue weighted by atomic mass is 9.91. The molecule has 0 amide bonds. The molecule has 2 rings (SSSR count). The molecule has 1 heterocycles. The van der Waals surface area contributed by atoms with Gasteiger partial charge in [0.1, 0.15) is 0 Å². The third-order valence-corrected chi connectivity index (χ3v) is 4.64. The van der Waals surface area contributed by atoms with Crippen molar-refractivity contribution < 1.29 is 4.74 Å². The maximum atomic E-state index is 5.75. The van der Waals surface area contributed by atoms with Crippen molar-refractivity contribution in [1.82, 2.24) is 5.32 Å². The minimum absolute atomic E-state index is 0.593. The smallest absolute Gasteiger partial charge is 0.0576 e. The van der Waals surface area contributed by atoms with Gasteiger partial charge in [-0.1, -0.05) is 26.2 Å². The highest BCUT2D eigenvalue weighted by Gasteiger charge is 2.22. The van der Waals surface area contributed by atoms with Crippen molar-refractivity contribution in [2.24, 2.45) is 5.92 Å². The summed E-state index contributed by atoms with van der Waals surface area (Å²) in [6.07, 6.45) is 14.3. The minimum Gasteiger partial charge on any atom is -0.378 e. The van der Waals surface area contributed by atoms with Crippen molar-refractivity contribution in [1.29, 1.82) is 0 Å². The Hall–Kier alpha value is -0.0800. The summed E-state index contributed by atoms with van der Waals surface area (Å²) in [7, 11) is 0. The fourth-order valence-corrected chi connectivity index (χ4v) is 3.55. The van der Waals surface area contributed by atoms with Gasteiger partial charge in [-0.2, -0.15) is 0 Å². The molecule has 3 atom stereocenters. The van der Waals surface area contributed by atoms with Gasteiger partial charge in [0.25, 0.3) is 0 Å². The van der Waals surface area contributed by atoms with E-state index in [9.17, 15) is 0 Å². The van der Waals surface area contributed by atoms with Gasteiger partial charge in [0.2, 0.25) is 0 Å². The molecule has 0 aromatic rings. The van der Waals surface area contributed by atoms with E-state index in [1.807, 2.05) is 0 Å². The molecule has 0 spiro atoms. The van der Waals surface area contributed by atoms with Gasteiger partial charge in [-0.15, -0.1) is 0 Å².